The molecule has 0 aliphatic carbocycles. The maximum atomic E-state index is 13.3. The summed E-state index contributed by atoms with van der Waals surface area (Å²) in [6.45, 7) is 0.704. The number of fused-ring (bicyclic) bond motifs is 1. The lowest BCUT2D eigenvalue weighted by atomic mass is 9.98. The zero-order valence-corrected chi connectivity index (χ0v) is 16.6. The van der Waals surface area contributed by atoms with E-state index in [0.29, 0.717) is 17.9 Å². The first kappa shape index (κ1) is 17.3. The summed E-state index contributed by atoms with van der Waals surface area (Å²) in [5.41, 5.74) is 2.72. The van der Waals surface area contributed by atoms with Gasteiger partial charge in [-0.3, -0.25) is 4.79 Å². The Balaban J connectivity index is 1.47. The van der Waals surface area contributed by atoms with Crippen LogP contribution in [0.15, 0.2) is 71.7 Å². The molecule has 5 rings (SSSR count). The summed E-state index contributed by atoms with van der Waals surface area (Å²) < 4.78 is 0. The molecule has 28 heavy (non-hydrogen) atoms. The third-order valence-corrected chi connectivity index (χ3v) is 6.89. The van der Waals surface area contributed by atoms with Crippen LogP contribution in [-0.4, -0.2) is 27.3 Å². The van der Waals surface area contributed by atoms with Gasteiger partial charge in [0.15, 0.2) is 5.82 Å². The van der Waals surface area contributed by atoms with E-state index in [1.807, 2.05) is 41.3 Å². The predicted molar refractivity (Wildman–Crippen MR) is 113 cm³/mol. The van der Waals surface area contributed by atoms with Crippen LogP contribution in [0.3, 0.4) is 0 Å². The van der Waals surface area contributed by atoms with Gasteiger partial charge in [-0.05, 0) is 34.9 Å². The molecule has 138 valence electrons. The second-order valence-corrected chi connectivity index (χ2v) is 8.61. The molecule has 1 aliphatic rings. The minimum Gasteiger partial charge on any atom is -0.326 e. The fourth-order valence-electron chi connectivity index (χ4n) is 3.63. The van der Waals surface area contributed by atoms with E-state index in [1.54, 1.807) is 35.1 Å². The van der Waals surface area contributed by atoms with Crippen molar-refractivity contribution >= 4 is 28.6 Å². The Hall–Kier alpha value is -2.83. The molecule has 0 fully saturated rings. The van der Waals surface area contributed by atoms with Gasteiger partial charge in [-0.2, -0.15) is 0 Å². The minimum atomic E-state index is -0.0312. The van der Waals surface area contributed by atoms with Gasteiger partial charge in [0, 0.05) is 34.3 Å². The monoisotopic (exact) mass is 403 g/mol. The van der Waals surface area contributed by atoms with E-state index in [-0.39, 0.29) is 11.9 Å². The molecule has 4 aromatic rings. The van der Waals surface area contributed by atoms with E-state index >= 15 is 0 Å². The highest BCUT2D eigenvalue weighted by Crippen LogP contribution is 2.40. The van der Waals surface area contributed by atoms with Crippen LogP contribution >= 0.6 is 22.7 Å². The second-order valence-electron chi connectivity index (χ2n) is 6.63. The van der Waals surface area contributed by atoms with Crippen molar-refractivity contribution < 1.29 is 4.79 Å². The summed E-state index contributed by atoms with van der Waals surface area (Å²) >= 11 is 3.47. The summed E-state index contributed by atoms with van der Waals surface area (Å²) in [7, 11) is 0. The number of carbonyl (C=O) groups is 1. The Morgan fingerprint density at radius 1 is 0.964 bits per heavy atom. The Kier molecular flexibility index (Phi) is 4.50. The van der Waals surface area contributed by atoms with Crippen molar-refractivity contribution in [3.8, 4) is 11.4 Å². The highest BCUT2D eigenvalue weighted by atomic mass is 32.1. The molecule has 1 aromatic carbocycles. The summed E-state index contributed by atoms with van der Waals surface area (Å²) in [5, 5.41) is 4.19. The fourth-order valence-corrected chi connectivity index (χ4v) is 5.39. The van der Waals surface area contributed by atoms with Gasteiger partial charge in [0.1, 0.15) is 0 Å². The van der Waals surface area contributed by atoms with Crippen LogP contribution in [0.1, 0.15) is 31.7 Å². The molecule has 0 radical (unpaired) electrons. The van der Waals surface area contributed by atoms with Crippen LogP contribution in [0.5, 0.6) is 0 Å². The molecule has 1 unspecified atom stereocenters. The summed E-state index contributed by atoms with van der Waals surface area (Å²) in [4.78, 5) is 26.7. The average molecular weight is 404 g/mol. The van der Waals surface area contributed by atoms with Crippen LogP contribution in [0.4, 0.5) is 0 Å². The molecule has 0 bridgehead atoms. The van der Waals surface area contributed by atoms with Gasteiger partial charge in [-0.15, -0.1) is 22.7 Å². The summed E-state index contributed by atoms with van der Waals surface area (Å²) in [6, 6.07) is 16.1. The van der Waals surface area contributed by atoms with Gasteiger partial charge in [0.25, 0.3) is 5.91 Å². The third kappa shape index (κ3) is 3.04. The molecule has 4 heterocycles. The molecule has 1 aliphatic heterocycles. The Bertz CT molecular complexity index is 1090. The van der Waals surface area contributed by atoms with Gasteiger partial charge >= 0.3 is 0 Å². The number of aromatic nitrogens is 2. The standard InChI is InChI=1S/C22H17N3OS2/c26-22(16-13-23-21(24-14-16)15-5-2-1-3-6-15)25-10-8-18-17(9-12-28-18)20(25)19-7-4-11-27-19/h1-7,9,11-14,20H,8,10H2. The van der Waals surface area contributed by atoms with E-state index in [1.165, 1.54) is 15.3 Å². The van der Waals surface area contributed by atoms with E-state index in [4.69, 9.17) is 0 Å². The number of carbonyl (C=O) groups excluding carboxylic acids is 1. The SMILES string of the molecule is O=C(c1cnc(-c2ccccc2)nc1)N1CCc2sccc2C1c1cccs1. The number of hydrogen-bond acceptors (Lipinski definition) is 5. The van der Waals surface area contributed by atoms with E-state index in [0.717, 1.165) is 12.0 Å². The van der Waals surface area contributed by atoms with Crippen molar-refractivity contribution in [1.29, 1.82) is 0 Å². The van der Waals surface area contributed by atoms with E-state index < -0.39 is 0 Å². The zero-order valence-electron chi connectivity index (χ0n) is 15.0. The number of thiophene rings is 2. The van der Waals surface area contributed by atoms with Crippen molar-refractivity contribution in [2.45, 2.75) is 12.5 Å². The van der Waals surface area contributed by atoms with Crippen molar-refractivity contribution in [1.82, 2.24) is 14.9 Å². The number of hydrogen-bond donors (Lipinski definition) is 0. The number of nitrogens with zero attached hydrogens (tertiary/aromatic N) is 3. The molecule has 0 saturated heterocycles. The van der Waals surface area contributed by atoms with E-state index in [9.17, 15) is 4.79 Å². The summed E-state index contributed by atoms with van der Waals surface area (Å²) in [6.07, 6.45) is 4.18. The minimum absolute atomic E-state index is 0.0186. The molecule has 3 aromatic heterocycles. The fraction of sp³-hybridized carbons (Fsp3) is 0.136. The van der Waals surface area contributed by atoms with Crippen LogP contribution in [0.2, 0.25) is 0 Å². The first-order chi connectivity index (χ1) is 13.8. The molecule has 1 amide bonds. The molecule has 4 nitrogen and oxygen atoms in total. The Morgan fingerprint density at radius 3 is 2.54 bits per heavy atom. The molecule has 0 saturated carbocycles. The summed E-state index contributed by atoms with van der Waals surface area (Å²) in [5.74, 6) is 0.612. The average Bonchev–Trinajstić information content (AvgIpc) is 3.45. The quantitative estimate of drug-likeness (QED) is 0.481. The van der Waals surface area contributed by atoms with Gasteiger partial charge in [-0.25, -0.2) is 9.97 Å². The molecule has 0 N–H and O–H groups in total. The smallest absolute Gasteiger partial charge is 0.257 e. The first-order valence-electron chi connectivity index (χ1n) is 9.09. The lowest BCUT2D eigenvalue weighted by Gasteiger charge is -2.35. The molecule has 0 spiro atoms. The lowest BCUT2D eigenvalue weighted by Crippen LogP contribution is -2.39. The third-order valence-electron chi connectivity index (χ3n) is 4.97. The van der Waals surface area contributed by atoms with Crippen molar-refractivity contribution in [2.24, 2.45) is 0 Å². The molecular weight excluding hydrogens is 386 g/mol. The van der Waals surface area contributed by atoms with Crippen molar-refractivity contribution in [2.75, 3.05) is 6.54 Å². The molecule has 1 atom stereocenters. The zero-order chi connectivity index (χ0) is 18.9. The molecular formula is C22H17N3OS2. The van der Waals surface area contributed by atoms with Crippen LogP contribution in [0.25, 0.3) is 11.4 Å². The number of amides is 1. The van der Waals surface area contributed by atoms with Crippen LogP contribution in [0, 0.1) is 0 Å². The first-order valence-corrected chi connectivity index (χ1v) is 10.9. The maximum Gasteiger partial charge on any atom is 0.257 e. The van der Waals surface area contributed by atoms with Crippen molar-refractivity contribution in [3.05, 3.63) is 92.6 Å². The van der Waals surface area contributed by atoms with Gasteiger partial charge < -0.3 is 4.90 Å². The van der Waals surface area contributed by atoms with Gasteiger partial charge in [0.05, 0.1) is 11.6 Å². The number of benzene rings is 1. The second kappa shape index (κ2) is 7.30. The van der Waals surface area contributed by atoms with Crippen LogP contribution in [-0.2, 0) is 6.42 Å². The van der Waals surface area contributed by atoms with Crippen molar-refractivity contribution in [3.63, 3.8) is 0 Å². The van der Waals surface area contributed by atoms with Gasteiger partial charge in [-0.1, -0.05) is 36.4 Å². The maximum absolute atomic E-state index is 13.3. The Morgan fingerprint density at radius 2 is 1.79 bits per heavy atom. The van der Waals surface area contributed by atoms with Gasteiger partial charge in [0.2, 0.25) is 0 Å². The highest BCUT2D eigenvalue weighted by molar-refractivity contribution is 7.10. The Labute approximate surface area is 171 Å². The molecule has 6 heteroatoms. The lowest BCUT2D eigenvalue weighted by molar-refractivity contribution is 0.0698. The van der Waals surface area contributed by atoms with E-state index in [2.05, 4.69) is 32.9 Å². The van der Waals surface area contributed by atoms with Crippen LogP contribution < -0.4 is 0 Å². The normalized spacial score (nSPS) is 16.0. The topological polar surface area (TPSA) is 46.1 Å². The number of rotatable bonds is 3. The highest BCUT2D eigenvalue weighted by Gasteiger charge is 2.34. The predicted octanol–water partition coefficient (Wildman–Crippen LogP) is 5.05. The largest absolute Gasteiger partial charge is 0.326 e.